The van der Waals surface area contributed by atoms with Gasteiger partial charge in [0.2, 0.25) is 5.88 Å². The Bertz CT molecular complexity index is 708. The fraction of sp³-hybridized carbons (Fsp3) is 0.500. The third-order valence-electron chi connectivity index (χ3n) is 4.54. The van der Waals surface area contributed by atoms with Crippen LogP contribution < -0.4 is 4.74 Å². The highest BCUT2D eigenvalue weighted by Gasteiger charge is 2.31. The maximum atomic E-state index is 12.5. The summed E-state index contributed by atoms with van der Waals surface area (Å²) < 4.78 is 6.95. The lowest BCUT2D eigenvalue weighted by atomic mass is 10.2. The molecule has 23 heavy (non-hydrogen) atoms. The average molecular weight is 313 g/mol. The molecule has 1 atom stereocenters. The minimum atomic E-state index is 0.00480. The number of likely N-dealkylation sites (tertiary alicyclic amines) is 1. The summed E-state index contributed by atoms with van der Waals surface area (Å²) in [7, 11) is 1.56. The van der Waals surface area contributed by atoms with E-state index in [1.54, 1.807) is 25.4 Å². The van der Waals surface area contributed by atoms with E-state index in [1.165, 1.54) is 12.8 Å². The lowest BCUT2D eigenvalue weighted by Gasteiger charge is -2.16. The second-order valence-electron chi connectivity index (χ2n) is 6.18. The predicted molar refractivity (Wildman–Crippen MR) is 82.3 cm³/mol. The van der Waals surface area contributed by atoms with Crippen LogP contribution in [-0.4, -0.2) is 51.0 Å². The van der Waals surface area contributed by atoms with Crippen LogP contribution in [0.1, 0.15) is 47.3 Å². The zero-order valence-electron chi connectivity index (χ0n) is 13.1. The van der Waals surface area contributed by atoms with Crippen molar-refractivity contribution in [2.75, 3.05) is 20.2 Å². The van der Waals surface area contributed by atoms with Gasteiger partial charge in [0, 0.05) is 37.5 Å². The number of carbonyl (C=O) groups excluding carboxylic acids is 1. The monoisotopic (exact) mass is 313 g/mol. The Morgan fingerprint density at radius 3 is 2.87 bits per heavy atom. The van der Waals surface area contributed by atoms with Gasteiger partial charge in [-0.1, -0.05) is 5.21 Å². The van der Waals surface area contributed by atoms with E-state index in [1.807, 2.05) is 15.8 Å². The molecule has 0 aromatic carbocycles. The van der Waals surface area contributed by atoms with Crippen molar-refractivity contribution >= 4 is 5.91 Å². The molecule has 0 radical (unpaired) electrons. The highest BCUT2D eigenvalue weighted by atomic mass is 16.5. The second-order valence-corrected chi connectivity index (χ2v) is 6.18. The normalized spacial score (nSPS) is 20.7. The molecule has 1 unspecified atom stereocenters. The SMILES string of the molecule is COc1ccc(C(=O)N2CCC(n3cc(C4CC4)nn3)C2)cn1. The number of nitrogens with zero attached hydrogens (tertiary/aromatic N) is 5. The summed E-state index contributed by atoms with van der Waals surface area (Å²) >= 11 is 0. The zero-order valence-corrected chi connectivity index (χ0v) is 13.1. The minimum absolute atomic E-state index is 0.00480. The van der Waals surface area contributed by atoms with Crippen molar-refractivity contribution in [3.8, 4) is 5.88 Å². The summed E-state index contributed by atoms with van der Waals surface area (Å²) in [6.45, 7) is 1.40. The Morgan fingerprint density at radius 1 is 1.30 bits per heavy atom. The molecule has 2 aromatic heterocycles. The van der Waals surface area contributed by atoms with Crippen LogP contribution >= 0.6 is 0 Å². The summed E-state index contributed by atoms with van der Waals surface area (Å²) in [4.78, 5) is 18.5. The maximum absolute atomic E-state index is 12.5. The van der Waals surface area contributed by atoms with Crippen molar-refractivity contribution in [3.63, 3.8) is 0 Å². The Morgan fingerprint density at radius 2 is 2.17 bits per heavy atom. The number of aromatic nitrogens is 4. The van der Waals surface area contributed by atoms with Crippen molar-refractivity contribution in [1.82, 2.24) is 24.9 Å². The Kier molecular flexibility index (Phi) is 3.48. The first-order chi connectivity index (χ1) is 11.2. The van der Waals surface area contributed by atoms with Gasteiger partial charge in [-0.05, 0) is 25.3 Å². The number of amides is 1. The molecule has 7 nitrogen and oxygen atoms in total. The highest BCUT2D eigenvalue weighted by molar-refractivity contribution is 5.94. The van der Waals surface area contributed by atoms with Crippen LogP contribution in [0.4, 0.5) is 0 Å². The first-order valence-electron chi connectivity index (χ1n) is 7.95. The molecule has 120 valence electrons. The molecule has 1 aliphatic heterocycles. The van der Waals surface area contributed by atoms with E-state index in [-0.39, 0.29) is 11.9 Å². The molecular formula is C16H19N5O2. The second kappa shape index (κ2) is 5.64. The van der Waals surface area contributed by atoms with Gasteiger partial charge in [-0.15, -0.1) is 5.10 Å². The third kappa shape index (κ3) is 2.78. The number of rotatable bonds is 4. The molecule has 4 rings (SSSR count). The third-order valence-corrected chi connectivity index (χ3v) is 4.54. The van der Waals surface area contributed by atoms with Crippen LogP contribution in [0, 0.1) is 0 Å². The van der Waals surface area contributed by atoms with E-state index in [2.05, 4.69) is 15.3 Å². The van der Waals surface area contributed by atoms with E-state index < -0.39 is 0 Å². The summed E-state index contributed by atoms with van der Waals surface area (Å²) in [5.74, 6) is 1.12. The fourth-order valence-electron chi connectivity index (χ4n) is 2.99. The number of pyridine rings is 1. The molecule has 1 saturated carbocycles. The van der Waals surface area contributed by atoms with E-state index >= 15 is 0 Å². The van der Waals surface area contributed by atoms with Crippen LogP contribution in [0.3, 0.4) is 0 Å². The molecule has 3 heterocycles. The largest absolute Gasteiger partial charge is 0.481 e. The molecule has 2 aromatic rings. The number of methoxy groups -OCH3 is 1. The summed E-state index contributed by atoms with van der Waals surface area (Å²) in [6, 6.07) is 3.67. The number of ether oxygens (including phenoxy) is 1. The van der Waals surface area contributed by atoms with Gasteiger partial charge in [0.05, 0.1) is 24.4 Å². The fourth-order valence-corrected chi connectivity index (χ4v) is 2.99. The first kappa shape index (κ1) is 14.2. The Hall–Kier alpha value is -2.44. The summed E-state index contributed by atoms with van der Waals surface area (Å²) in [6.07, 6.45) is 6.96. The van der Waals surface area contributed by atoms with E-state index in [0.29, 0.717) is 23.9 Å². The van der Waals surface area contributed by atoms with Gasteiger partial charge >= 0.3 is 0 Å². The molecule has 0 N–H and O–H groups in total. The van der Waals surface area contributed by atoms with E-state index in [0.717, 1.165) is 18.7 Å². The van der Waals surface area contributed by atoms with Gasteiger partial charge < -0.3 is 9.64 Å². The van der Waals surface area contributed by atoms with Crippen molar-refractivity contribution in [1.29, 1.82) is 0 Å². The number of hydrogen-bond donors (Lipinski definition) is 0. The molecule has 1 amide bonds. The number of hydrogen-bond acceptors (Lipinski definition) is 5. The lowest BCUT2D eigenvalue weighted by Crippen LogP contribution is -2.29. The smallest absolute Gasteiger partial charge is 0.255 e. The average Bonchev–Trinajstić information content (AvgIpc) is 3.13. The minimum Gasteiger partial charge on any atom is -0.481 e. The van der Waals surface area contributed by atoms with Crippen LogP contribution in [0.25, 0.3) is 0 Å². The van der Waals surface area contributed by atoms with Gasteiger partial charge in [-0.25, -0.2) is 9.67 Å². The molecule has 0 spiro atoms. The van der Waals surface area contributed by atoms with Crippen LogP contribution in [0.15, 0.2) is 24.5 Å². The number of carbonyl (C=O) groups is 1. The van der Waals surface area contributed by atoms with Crippen molar-refractivity contribution in [3.05, 3.63) is 35.8 Å². The van der Waals surface area contributed by atoms with Crippen LogP contribution in [0.2, 0.25) is 0 Å². The van der Waals surface area contributed by atoms with E-state index in [9.17, 15) is 4.79 Å². The van der Waals surface area contributed by atoms with Gasteiger partial charge in [-0.3, -0.25) is 4.79 Å². The van der Waals surface area contributed by atoms with Crippen LogP contribution in [0.5, 0.6) is 5.88 Å². The molecular weight excluding hydrogens is 294 g/mol. The molecule has 2 fully saturated rings. The maximum Gasteiger partial charge on any atom is 0.255 e. The molecule has 2 aliphatic rings. The lowest BCUT2D eigenvalue weighted by molar-refractivity contribution is 0.0786. The van der Waals surface area contributed by atoms with Crippen molar-refractivity contribution in [2.45, 2.75) is 31.2 Å². The van der Waals surface area contributed by atoms with Gasteiger partial charge in [0.1, 0.15) is 0 Å². The van der Waals surface area contributed by atoms with Crippen LogP contribution in [-0.2, 0) is 0 Å². The predicted octanol–water partition coefficient (Wildman–Crippen LogP) is 1.65. The van der Waals surface area contributed by atoms with Crippen molar-refractivity contribution < 1.29 is 9.53 Å². The Balaban J connectivity index is 1.43. The molecule has 0 bridgehead atoms. The standard InChI is InChI=1S/C16H19N5O2/c1-23-15-5-4-12(8-17-15)16(22)20-7-6-13(9-20)21-10-14(18-19-21)11-2-3-11/h4-5,8,10-11,13H,2-3,6-7,9H2,1H3. The topological polar surface area (TPSA) is 73.1 Å². The van der Waals surface area contributed by atoms with Gasteiger partial charge in [0.25, 0.3) is 5.91 Å². The summed E-state index contributed by atoms with van der Waals surface area (Å²) in [5.41, 5.74) is 1.68. The molecule has 7 heteroatoms. The first-order valence-corrected chi connectivity index (χ1v) is 7.95. The quantitative estimate of drug-likeness (QED) is 0.858. The highest BCUT2D eigenvalue weighted by Crippen LogP contribution is 2.39. The molecule has 1 aliphatic carbocycles. The van der Waals surface area contributed by atoms with Gasteiger partial charge in [-0.2, -0.15) is 0 Å². The summed E-state index contributed by atoms with van der Waals surface area (Å²) in [5, 5.41) is 8.50. The van der Waals surface area contributed by atoms with Crippen molar-refractivity contribution in [2.24, 2.45) is 0 Å². The van der Waals surface area contributed by atoms with Gasteiger partial charge in [0.15, 0.2) is 0 Å². The molecule has 1 saturated heterocycles. The zero-order chi connectivity index (χ0) is 15.8. The van der Waals surface area contributed by atoms with E-state index in [4.69, 9.17) is 4.74 Å². The Labute approximate surface area is 134 Å².